The average Bonchev–Trinajstić information content (AvgIpc) is 3.21. The van der Waals surface area contributed by atoms with Crippen molar-refractivity contribution in [1.29, 1.82) is 0 Å². The summed E-state index contributed by atoms with van der Waals surface area (Å²) in [5.74, 6) is 0. The molecule has 0 unspecified atom stereocenters. The predicted octanol–water partition coefficient (Wildman–Crippen LogP) is 6.34. The standard InChI is InChI=1S/C28H24N2/c1-19-13-15-23-25(17-19)29-28(22-11-7-4-8-12-22)24-16-14-20(2)18-26(24)30-27(23,28)21-9-5-3-6-10-21/h3-18,29-30H,1-2H3/t27-,28+. The summed E-state index contributed by atoms with van der Waals surface area (Å²) in [7, 11) is 0. The Hall–Kier alpha value is -3.52. The molecule has 2 N–H and O–H groups in total. The number of hydrogen-bond donors (Lipinski definition) is 2. The Morgan fingerprint density at radius 3 is 1.30 bits per heavy atom. The third kappa shape index (κ3) is 2.03. The van der Waals surface area contributed by atoms with E-state index in [4.69, 9.17) is 0 Å². The van der Waals surface area contributed by atoms with Crippen LogP contribution in [-0.2, 0) is 11.1 Å². The fourth-order valence-corrected chi connectivity index (χ4v) is 5.57. The zero-order chi connectivity index (χ0) is 20.3. The summed E-state index contributed by atoms with van der Waals surface area (Å²) in [4.78, 5) is 0. The Morgan fingerprint density at radius 2 is 0.900 bits per heavy atom. The maximum Gasteiger partial charge on any atom is 0.122 e. The van der Waals surface area contributed by atoms with Gasteiger partial charge in [0.05, 0.1) is 0 Å². The fraction of sp³-hybridized carbons (Fsp3) is 0.143. The van der Waals surface area contributed by atoms with Gasteiger partial charge < -0.3 is 10.6 Å². The van der Waals surface area contributed by atoms with E-state index in [9.17, 15) is 0 Å². The highest BCUT2D eigenvalue weighted by atomic mass is 15.2. The van der Waals surface area contributed by atoms with Gasteiger partial charge in [-0.1, -0.05) is 84.9 Å². The zero-order valence-electron chi connectivity index (χ0n) is 17.2. The monoisotopic (exact) mass is 388 g/mol. The molecule has 30 heavy (non-hydrogen) atoms. The molecular formula is C28H24N2. The summed E-state index contributed by atoms with van der Waals surface area (Å²) in [6.07, 6.45) is 0. The highest BCUT2D eigenvalue weighted by Gasteiger charge is 2.65. The first-order valence-corrected chi connectivity index (χ1v) is 10.5. The SMILES string of the molecule is Cc1ccc2c(c1)N[C@@]1(c3ccccc3)c3ccc(C)cc3N[C@]21c1ccccc1. The second-order valence-electron chi connectivity index (χ2n) is 8.58. The van der Waals surface area contributed by atoms with Crippen molar-refractivity contribution >= 4 is 11.4 Å². The van der Waals surface area contributed by atoms with Gasteiger partial charge in [0.1, 0.15) is 11.1 Å². The molecule has 0 aromatic heterocycles. The molecular weight excluding hydrogens is 364 g/mol. The van der Waals surface area contributed by atoms with E-state index in [0.29, 0.717) is 0 Å². The normalized spacial score (nSPS) is 23.1. The predicted molar refractivity (Wildman–Crippen MR) is 124 cm³/mol. The van der Waals surface area contributed by atoms with Gasteiger partial charge in [0.15, 0.2) is 0 Å². The van der Waals surface area contributed by atoms with Gasteiger partial charge in [0, 0.05) is 22.5 Å². The molecule has 2 aliphatic heterocycles. The largest absolute Gasteiger partial charge is 0.369 e. The summed E-state index contributed by atoms with van der Waals surface area (Å²) < 4.78 is 0. The number of anilines is 2. The van der Waals surface area contributed by atoms with Crippen LogP contribution in [0.2, 0.25) is 0 Å². The topological polar surface area (TPSA) is 24.1 Å². The Balaban J connectivity index is 1.78. The third-order valence-corrected chi connectivity index (χ3v) is 6.78. The van der Waals surface area contributed by atoms with Gasteiger partial charge in [-0.25, -0.2) is 0 Å². The van der Waals surface area contributed by atoms with Crippen molar-refractivity contribution in [1.82, 2.24) is 0 Å². The number of nitrogens with one attached hydrogen (secondary N) is 2. The number of hydrogen-bond acceptors (Lipinski definition) is 2. The highest BCUT2D eigenvalue weighted by molar-refractivity contribution is 5.84. The van der Waals surface area contributed by atoms with Gasteiger partial charge in [0.2, 0.25) is 0 Å². The molecule has 4 aromatic carbocycles. The lowest BCUT2D eigenvalue weighted by atomic mass is 9.66. The van der Waals surface area contributed by atoms with Gasteiger partial charge in [-0.05, 0) is 48.2 Å². The first-order chi connectivity index (χ1) is 14.6. The van der Waals surface area contributed by atoms with Crippen LogP contribution >= 0.6 is 0 Å². The Bertz CT molecular complexity index is 1160. The van der Waals surface area contributed by atoms with E-state index >= 15 is 0 Å². The second-order valence-corrected chi connectivity index (χ2v) is 8.58. The minimum atomic E-state index is -0.436. The molecule has 0 saturated carbocycles. The smallest absolute Gasteiger partial charge is 0.122 e. The van der Waals surface area contributed by atoms with Gasteiger partial charge >= 0.3 is 0 Å². The number of aryl methyl sites for hydroxylation is 2. The molecule has 146 valence electrons. The molecule has 0 aliphatic carbocycles. The van der Waals surface area contributed by atoms with Crippen LogP contribution in [0.4, 0.5) is 11.4 Å². The molecule has 0 radical (unpaired) electrons. The van der Waals surface area contributed by atoms with Crippen LogP contribution in [0, 0.1) is 13.8 Å². The molecule has 0 bridgehead atoms. The van der Waals surface area contributed by atoms with Gasteiger partial charge in [-0.15, -0.1) is 0 Å². The molecule has 2 atom stereocenters. The lowest BCUT2D eigenvalue weighted by Crippen LogP contribution is -2.51. The van der Waals surface area contributed by atoms with Crippen molar-refractivity contribution in [2.45, 2.75) is 24.9 Å². The molecule has 2 heteroatoms. The number of benzene rings is 4. The number of fused-ring (bicyclic) bond motifs is 5. The molecule has 4 aromatic rings. The van der Waals surface area contributed by atoms with Crippen molar-refractivity contribution in [3.05, 3.63) is 130 Å². The minimum absolute atomic E-state index is 0.436. The van der Waals surface area contributed by atoms with E-state index in [2.05, 4.69) is 122 Å². The summed E-state index contributed by atoms with van der Waals surface area (Å²) in [5.41, 5.74) is 9.14. The highest BCUT2D eigenvalue weighted by Crippen LogP contribution is 2.64. The van der Waals surface area contributed by atoms with E-state index in [-0.39, 0.29) is 0 Å². The van der Waals surface area contributed by atoms with E-state index < -0.39 is 11.1 Å². The quantitative estimate of drug-likeness (QED) is 0.418. The third-order valence-electron chi connectivity index (χ3n) is 6.78. The lowest BCUT2D eigenvalue weighted by Gasteiger charge is -2.42. The van der Waals surface area contributed by atoms with E-state index in [0.717, 1.165) is 0 Å². The summed E-state index contributed by atoms with van der Waals surface area (Å²) in [5, 5.41) is 8.04. The molecule has 6 rings (SSSR count). The molecule has 2 heterocycles. The van der Waals surface area contributed by atoms with E-state index in [1.807, 2.05) is 0 Å². The van der Waals surface area contributed by atoms with Crippen LogP contribution in [0.25, 0.3) is 0 Å². The average molecular weight is 389 g/mol. The van der Waals surface area contributed by atoms with Crippen molar-refractivity contribution < 1.29 is 0 Å². The van der Waals surface area contributed by atoms with E-state index in [1.54, 1.807) is 0 Å². The van der Waals surface area contributed by atoms with Crippen molar-refractivity contribution in [3.8, 4) is 0 Å². The summed E-state index contributed by atoms with van der Waals surface area (Å²) in [6, 6.07) is 35.3. The van der Waals surface area contributed by atoms with Gasteiger partial charge in [-0.3, -0.25) is 0 Å². The van der Waals surface area contributed by atoms with Gasteiger partial charge in [-0.2, -0.15) is 0 Å². The first-order valence-electron chi connectivity index (χ1n) is 10.5. The van der Waals surface area contributed by atoms with E-state index in [1.165, 1.54) is 44.8 Å². The van der Waals surface area contributed by atoms with Gasteiger partial charge in [0.25, 0.3) is 0 Å². The van der Waals surface area contributed by atoms with Crippen molar-refractivity contribution in [3.63, 3.8) is 0 Å². The fourth-order valence-electron chi connectivity index (χ4n) is 5.57. The Morgan fingerprint density at radius 1 is 0.500 bits per heavy atom. The summed E-state index contributed by atoms with van der Waals surface area (Å²) >= 11 is 0. The zero-order valence-corrected chi connectivity index (χ0v) is 17.2. The molecule has 0 amide bonds. The first kappa shape index (κ1) is 17.3. The van der Waals surface area contributed by atoms with Crippen LogP contribution in [0.3, 0.4) is 0 Å². The Labute approximate surface area is 177 Å². The van der Waals surface area contributed by atoms with Crippen LogP contribution in [0.5, 0.6) is 0 Å². The van der Waals surface area contributed by atoms with Crippen LogP contribution < -0.4 is 10.6 Å². The van der Waals surface area contributed by atoms with Crippen LogP contribution in [0.15, 0.2) is 97.1 Å². The molecule has 0 fully saturated rings. The maximum atomic E-state index is 4.02. The van der Waals surface area contributed by atoms with Crippen LogP contribution in [-0.4, -0.2) is 0 Å². The lowest BCUT2D eigenvalue weighted by molar-refractivity contribution is 0.439. The maximum absolute atomic E-state index is 4.02. The molecule has 0 spiro atoms. The summed E-state index contributed by atoms with van der Waals surface area (Å²) in [6.45, 7) is 4.32. The molecule has 2 aliphatic rings. The molecule has 0 saturated heterocycles. The molecule has 2 nitrogen and oxygen atoms in total. The van der Waals surface area contributed by atoms with Crippen molar-refractivity contribution in [2.24, 2.45) is 0 Å². The second kappa shape index (κ2) is 5.99. The van der Waals surface area contributed by atoms with Crippen LogP contribution in [0.1, 0.15) is 33.4 Å². The number of rotatable bonds is 2. The van der Waals surface area contributed by atoms with Crippen molar-refractivity contribution in [2.75, 3.05) is 10.6 Å². The Kier molecular flexibility index (Phi) is 3.47. The minimum Gasteiger partial charge on any atom is -0.369 e.